The van der Waals surface area contributed by atoms with Crippen molar-refractivity contribution in [1.82, 2.24) is 15.0 Å². The second kappa shape index (κ2) is 133. The molecule has 0 spiro atoms. The van der Waals surface area contributed by atoms with Crippen LogP contribution >= 0.6 is 22.7 Å². The number of thiophene rings is 2. The number of aromatic nitrogens is 3. The van der Waals surface area contributed by atoms with Gasteiger partial charge in [0, 0.05) is 46.6 Å². The number of hydrogen-bond donors (Lipinski definition) is 2. The highest BCUT2D eigenvalue weighted by Gasteiger charge is 1.90. The van der Waals surface area contributed by atoms with Crippen molar-refractivity contribution < 1.29 is 8.83 Å². The summed E-state index contributed by atoms with van der Waals surface area (Å²) < 4.78 is 11.1. The molecule has 7 heteroatoms. The maximum atomic E-state index is 5.12. The maximum absolute atomic E-state index is 5.12. The Hall–Kier alpha value is -6.67. The summed E-state index contributed by atoms with van der Waals surface area (Å²) in [6.07, 6.45) is 14.1. The zero-order chi connectivity index (χ0) is 69.4. The zero-order valence-electron chi connectivity index (χ0n) is 61.8. The van der Waals surface area contributed by atoms with E-state index in [1.807, 2.05) is 384 Å². The number of hydrogen-bond acceptors (Lipinski definition) is 5. The van der Waals surface area contributed by atoms with Crippen LogP contribution in [-0.4, -0.2) is 15.0 Å². The number of benzene rings is 4. The number of nitrogens with one attached hydrogen (secondary N) is 2. The van der Waals surface area contributed by atoms with Gasteiger partial charge in [0.2, 0.25) is 0 Å². The van der Waals surface area contributed by atoms with Crippen LogP contribution in [0.15, 0.2) is 257 Å². The highest BCUT2D eigenvalue weighted by molar-refractivity contribution is 7.17. The molecule has 4 aromatic carbocycles. The van der Waals surface area contributed by atoms with Crippen molar-refractivity contribution in [2.24, 2.45) is 0 Å². The van der Waals surface area contributed by atoms with E-state index < -0.39 is 0 Å². The van der Waals surface area contributed by atoms with Crippen molar-refractivity contribution in [3.05, 3.63) is 248 Å². The number of rotatable bonds is 0. The summed E-state index contributed by atoms with van der Waals surface area (Å²) in [6, 6.07) is 60.0. The van der Waals surface area contributed by atoms with Gasteiger partial charge in [-0.05, 0) is 99.7 Å². The average molecular weight is 1230 g/mol. The van der Waals surface area contributed by atoms with Gasteiger partial charge >= 0.3 is 0 Å². The van der Waals surface area contributed by atoms with Crippen LogP contribution in [0.2, 0.25) is 0 Å². The van der Waals surface area contributed by atoms with Crippen molar-refractivity contribution in [3.63, 3.8) is 0 Å². The van der Waals surface area contributed by atoms with Crippen LogP contribution in [0.1, 0.15) is 222 Å². The van der Waals surface area contributed by atoms with Gasteiger partial charge in [-0.15, -0.1) is 11.3 Å². The minimum absolute atomic E-state index is 0.956. The van der Waals surface area contributed by atoms with E-state index in [4.69, 9.17) is 4.42 Å². The maximum Gasteiger partial charge on any atom is 0.133 e. The zero-order valence-corrected chi connectivity index (χ0v) is 63.4. The molecule has 7 aromatic heterocycles. The fourth-order valence-electron chi connectivity index (χ4n) is 4.24. The van der Waals surface area contributed by atoms with Crippen molar-refractivity contribution >= 4 is 54.6 Å². The lowest BCUT2D eigenvalue weighted by Crippen LogP contribution is -1.61. The third-order valence-electron chi connectivity index (χ3n) is 6.77. The molecule has 0 bridgehead atoms. The Kier molecular flexibility index (Phi) is 171. The number of pyridine rings is 1. The summed E-state index contributed by atoms with van der Waals surface area (Å²) >= 11 is 3.50. The van der Waals surface area contributed by atoms with E-state index in [-0.39, 0.29) is 0 Å². The molecule has 5 nitrogen and oxygen atoms in total. The van der Waals surface area contributed by atoms with Gasteiger partial charge in [0.25, 0.3) is 0 Å². The van der Waals surface area contributed by atoms with Crippen LogP contribution in [0.25, 0.3) is 32.0 Å². The van der Waals surface area contributed by atoms with Crippen molar-refractivity contribution in [3.8, 4) is 0 Å². The minimum Gasteiger partial charge on any atom is -0.473 e. The van der Waals surface area contributed by atoms with Gasteiger partial charge in [0.15, 0.2) is 0 Å². The summed E-state index contributed by atoms with van der Waals surface area (Å²) in [6.45, 7) is 64.0. The number of nitrogens with zero attached hydrogens (tertiary/aromatic N) is 1. The molecule has 0 atom stereocenters. The summed E-state index contributed by atoms with van der Waals surface area (Å²) in [5.74, 6) is 0. The third kappa shape index (κ3) is 88.6. The molecule has 11 aromatic rings. The molecule has 86 heavy (non-hydrogen) atoms. The quantitative estimate of drug-likeness (QED) is 0.159. The lowest BCUT2D eigenvalue weighted by atomic mass is 10.3. The van der Waals surface area contributed by atoms with Crippen LogP contribution in [0, 0.1) is 0 Å². The van der Waals surface area contributed by atoms with Crippen LogP contribution < -0.4 is 0 Å². The summed E-state index contributed by atoms with van der Waals surface area (Å²) in [7, 11) is 0. The fourth-order valence-corrected chi connectivity index (χ4v) is 5.48. The molecule has 2 N–H and O–H groups in total. The largest absolute Gasteiger partial charge is 0.473 e. The summed E-state index contributed by atoms with van der Waals surface area (Å²) in [4.78, 5) is 9.77. The minimum atomic E-state index is 0.956. The molecule has 0 saturated heterocycles. The molecule has 0 fully saturated rings. The average Bonchev–Trinajstić information content (AvgIpc) is 4.60. The smallest absolute Gasteiger partial charge is 0.133 e. The first-order valence-corrected chi connectivity index (χ1v) is 35.0. The Bertz CT molecular complexity index is 1910. The lowest BCUT2D eigenvalue weighted by molar-refractivity contribution is 0.567. The normalized spacial score (nSPS) is 6.84. The molecule has 0 saturated carbocycles. The van der Waals surface area contributed by atoms with E-state index in [0.717, 1.165) is 11.0 Å². The van der Waals surface area contributed by atoms with Crippen molar-refractivity contribution in [2.75, 3.05) is 0 Å². The van der Waals surface area contributed by atoms with Gasteiger partial charge in [-0.2, -0.15) is 11.3 Å². The molecule has 0 aliphatic rings. The Morgan fingerprint density at radius 1 is 0.291 bits per heavy atom. The van der Waals surface area contributed by atoms with Crippen LogP contribution in [0.4, 0.5) is 0 Å². The summed E-state index contributed by atoms with van der Waals surface area (Å²) in [5.41, 5.74) is 2.16. The van der Waals surface area contributed by atoms with Gasteiger partial charge < -0.3 is 18.8 Å². The highest BCUT2D eigenvalue weighted by Crippen LogP contribution is 2.19. The van der Waals surface area contributed by atoms with Crippen LogP contribution in [0.3, 0.4) is 0 Å². The number of H-pyrrole nitrogens is 2. The first kappa shape index (κ1) is 111. The van der Waals surface area contributed by atoms with Gasteiger partial charge in [0.1, 0.15) is 5.58 Å². The Balaban J connectivity index is -0.0000000607. The Morgan fingerprint density at radius 3 is 0.988 bits per heavy atom. The molecule has 11 rings (SSSR count). The van der Waals surface area contributed by atoms with Crippen molar-refractivity contribution in [2.45, 2.75) is 222 Å². The highest BCUT2D eigenvalue weighted by atomic mass is 32.1. The second-order valence-corrected chi connectivity index (χ2v) is 12.4. The Labute approximate surface area is 544 Å². The first-order chi connectivity index (χ1) is 42.9. The molecule has 494 valence electrons. The second-order valence-electron chi connectivity index (χ2n) is 10.6. The molecular weight excluding hydrogens is 1090 g/mol. The standard InChI is InChI=1S/C8H7N.C8H6O.C8H6S.C6H6.C5H5N.C4H5N.C4H4O.C4H4S.16C2H6/c3*1-2-4-8-7(3-1)5-6-9-8;2*1-2-4-6-5-3-1;3*1-2-4-5-3-1;16*1-2/h1-6,9H;2*1-6H;1-6H;1-5H;1-5H;2*1-4H;16*1-2H3. The van der Waals surface area contributed by atoms with E-state index in [2.05, 4.69) is 73.3 Å². The van der Waals surface area contributed by atoms with Crippen LogP contribution in [0.5, 0.6) is 0 Å². The monoisotopic (exact) mass is 1230 g/mol. The predicted octanol–water partition coefficient (Wildman–Crippen LogP) is 30.7. The number of fused-ring (bicyclic) bond motifs is 3. The topological polar surface area (TPSA) is 70.8 Å². The SMILES string of the molecule is CC.CC.CC.CC.CC.CC.CC.CC.CC.CC.CC.CC.CC.CC.CC.CC.c1cc[nH]c1.c1ccc2[nH]ccc2c1.c1ccc2occc2c1.c1ccc2sccc2c1.c1ccccc1.c1ccncc1.c1ccoc1.c1ccsc1. The molecule has 7 heterocycles. The number of aromatic amines is 2. The fraction of sp³-hybridized carbons (Fsp3) is 0.405. The van der Waals surface area contributed by atoms with Crippen molar-refractivity contribution in [1.29, 1.82) is 0 Å². The molecule has 0 radical (unpaired) electrons. The van der Waals surface area contributed by atoms with E-state index in [1.165, 1.54) is 21.0 Å². The van der Waals surface area contributed by atoms with E-state index in [9.17, 15) is 0 Å². The predicted molar refractivity (Wildman–Crippen MR) is 412 cm³/mol. The molecule has 0 amide bonds. The third-order valence-corrected chi connectivity index (χ3v) is 8.29. The number of furan rings is 2. The van der Waals surface area contributed by atoms with E-state index >= 15 is 0 Å². The van der Waals surface area contributed by atoms with Crippen LogP contribution in [-0.2, 0) is 0 Å². The number of para-hydroxylation sites is 2. The molecule has 0 unspecified atom stereocenters. The Morgan fingerprint density at radius 2 is 0.674 bits per heavy atom. The molecule has 0 aliphatic heterocycles. The van der Waals surface area contributed by atoms with E-state index in [0.29, 0.717) is 0 Å². The summed E-state index contributed by atoms with van der Waals surface area (Å²) in [5, 5.41) is 9.99. The van der Waals surface area contributed by atoms with Gasteiger partial charge in [-0.3, -0.25) is 4.98 Å². The molecular formula is C79H139N3O2S2. The van der Waals surface area contributed by atoms with E-state index in [1.54, 1.807) is 53.9 Å². The first-order valence-electron chi connectivity index (χ1n) is 33.1. The lowest BCUT2D eigenvalue weighted by Gasteiger charge is -1.83. The molecule has 0 aliphatic carbocycles. The van der Waals surface area contributed by atoms with Gasteiger partial charge in [-0.25, -0.2) is 0 Å². The van der Waals surface area contributed by atoms with Gasteiger partial charge in [0.05, 0.1) is 18.8 Å². The van der Waals surface area contributed by atoms with Gasteiger partial charge in [-0.1, -0.05) is 331 Å².